The molecule has 20 heavy (non-hydrogen) atoms. The highest BCUT2D eigenvalue weighted by Crippen LogP contribution is 2.26. The number of nitrogen functional groups attached to an aromatic ring is 1. The molecular formula is C12H12ClN5O2. The van der Waals surface area contributed by atoms with Gasteiger partial charge in [0.2, 0.25) is 11.8 Å². The number of hydrogen-bond acceptors (Lipinski definition) is 6. The second-order valence-electron chi connectivity index (χ2n) is 4.18. The van der Waals surface area contributed by atoms with Crippen molar-refractivity contribution in [1.82, 2.24) is 9.97 Å². The number of aromatic nitrogens is 2. The Kier molecular flexibility index (Phi) is 3.99. The molecule has 0 saturated carbocycles. The molecule has 0 fully saturated rings. The Morgan fingerprint density at radius 1 is 1.50 bits per heavy atom. The SMILES string of the molecule is CN(Cc1cccc(Cl)c1)c1nc(N)ncc1[N+](=O)[O-]. The van der Waals surface area contributed by atoms with Crippen LogP contribution in [0.5, 0.6) is 0 Å². The van der Waals surface area contributed by atoms with Gasteiger partial charge >= 0.3 is 5.69 Å². The van der Waals surface area contributed by atoms with Crippen molar-refractivity contribution in [3.05, 3.63) is 51.2 Å². The fourth-order valence-corrected chi connectivity index (χ4v) is 1.99. The molecule has 0 atom stereocenters. The molecule has 104 valence electrons. The topological polar surface area (TPSA) is 98.2 Å². The summed E-state index contributed by atoms with van der Waals surface area (Å²) in [6, 6.07) is 7.23. The van der Waals surface area contributed by atoms with Gasteiger partial charge in [0, 0.05) is 18.6 Å². The van der Waals surface area contributed by atoms with Gasteiger partial charge in [-0.25, -0.2) is 4.98 Å². The number of benzene rings is 1. The van der Waals surface area contributed by atoms with Gasteiger partial charge in [-0.1, -0.05) is 23.7 Å². The summed E-state index contributed by atoms with van der Waals surface area (Å²) in [5.74, 6) is 0.158. The van der Waals surface area contributed by atoms with E-state index in [2.05, 4.69) is 9.97 Å². The largest absolute Gasteiger partial charge is 0.368 e. The second kappa shape index (κ2) is 5.70. The van der Waals surface area contributed by atoms with Crippen LogP contribution >= 0.6 is 11.6 Å². The lowest BCUT2D eigenvalue weighted by atomic mass is 10.2. The van der Waals surface area contributed by atoms with E-state index in [1.165, 1.54) is 0 Å². The summed E-state index contributed by atoms with van der Waals surface area (Å²) >= 11 is 5.91. The first kappa shape index (κ1) is 14.0. The molecule has 0 bridgehead atoms. The number of anilines is 2. The van der Waals surface area contributed by atoms with Gasteiger partial charge in [0.25, 0.3) is 0 Å². The number of nitro groups is 1. The summed E-state index contributed by atoms with van der Waals surface area (Å²) in [6.07, 6.45) is 1.10. The molecule has 2 rings (SSSR count). The molecule has 1 aromatic heterocycles. The van der Waals surface area contributed by atoms with Gasteiger partial charge in [0.15, 0.2) is 0 Å². The molecule has 0 amide bonds. The van der Waals surface area contributed by atoms with Crippen LogP contribution in [0, 0.1) is 10.1 Å². The Morgan fingerprint density at radius 3 is 2.90 bits per heavy atom. The second-order valence-corrected chi connectivity index (χ2v) is 4.62. The number of halogens is 1. The number of nitrogens with zero attached hydrogens (tertiary/aromatic N) is 4. The molecule has 0 spiro atoms. The predicted octanol–water partition coefficient (Wildman–Crippen LogP) is 2.26. The third kappa shape index (κ3) is 3.12. The molecule has 0 aliphatic heterocycles. The molecule has 8 heteroatoms. The van der Waals surface area contributed by atoms with Crippen molar-refractivity contribution in [2.24, 2.45) is 0 Å². The fourth-order valence-electron chi connectivity index (χ4n) is 1.77. The van der Waals surface area contributed by atoms with E-state index < -0.39 is 4.92 Å². The zero-order valence-electron chi connectivity index (χ0n) is 10.7. The van der Waals surface area contributed by atoms with Gasteiger partial charge in [-0.2, -0.15) is 4.98 Å². The first-order chi connectivity index (χ1) is 9.47. The van der Waals surface area contributed by atoms with Gasteiger partial charge in [0.1, 0.15) is 6.20 Å². The molecule has 1 aromatic carbocycles. The van der Waals surface area contributed by atoms with Crippen molar-refractivity contribution in [3.63, 3.8) is 0 Å². The Morgan fingerprint density at radius 2 is 2.25 bits per heavy atom. The van der Waals surface area contributed by atoms with Gasteiger partial charge in [0.05, 0.1) is 4.92 Å². The Bertz CT molecular complexity index is 649. The Labute approximate surface area is 120 Å². The number of hydrogen-bond donors (Lipinski definition) is 1. The summed E-state index contributed by atoms with van der Waals surface area (Å²) in [5, 5.41) is 11.6. The van der Waals surface area contributed by atoms with Crippen LogP contribution in [0.4, 0.5) is 17.5 Å². The predicted molar refractivity (Wildman–Crippen MR) is 76.7 cm³/mol. The van der Waals surface area contributed by atoms with Crippen LogP contribution in [0.2, 0.25) is 5.02 Å². The first-order valence-corrected chi connectivity index (χ1v) is 6.07. The van der Waals surface area contributed by atoms with E-state index in [0.29, 0.717) is 11.6 Å². The molecule has 0 aliphatic carbocycles. The van der Waals surface area contributed by atoms with Gasteiger partial charge in [-0.15, -0.1) is 0 Å². The highest BCUT2D eigenvalue weighted by Gasteiger charge is 2.20. The summed E-state index contributed by atoms with van der Waals surface area (Å²) in [7, 11) is 1.69. The van der Waals surface area contributed by atoms with Crippen LogP contribution in [0.15, 0.2) is 30.5 Å². The van der Waals surface area contributed by atoms with Crippen LogP contribution in [0.25, 0.3) is 0 Å². The van der Waals surface area contributed by atoms with Crippen molar-refractivity contribution in [2.45, 2.75) is 6.54 Å². The van der Waals surface area contributed by atoms with Gasteiger partial charge < -0.3 is 10.6 Å². The van der Waals surface area contributed by atoms with E-state index in [0.717, 1.165) is 11.8 Å². The molecule has 1 heterocycles. The molecule has 2 aromatic rings. The third-order valence-electron chi connectivity index (χ3n) is 2.64. The minimum atomic E-state index is -0.538. The fraction of sp³-hybridized carbons (Fsp3) is 0.167. The Balaban J connectivity index is 2.31. The third-order valence-corrected chi connectivity index (χ3v) is 2.87. The van der Waals surface area contributed by atoms with Gasteiger partial charge in [-0.05, 0) is 17.7 Å². The smallest absolute Gasteiger partial charge is 0.329 e. The molecule has 0 radical (unpaired) electrons. The lowest BCUT2D eigenvalue weighted by Gasteiger charge is -2.18. The van der Waals surface area contributed by atoms with Crippen molar-refractivity contribution >= 4 is 29.1 Å². The van der Waals surface area contributed by atoms with Crippen LogP contribution in [-0.2, 0) is 6.54 Å². The van der Waals surface area contributed by atoms with Crippen molar-refractivity contribution in [3.8, 4) is 0 Å². The molecule has 0 saturated heterocycles. The van der Waals surface area contributed by atoms with Crippen LogP contribution in [-0.4, -0.2) is 21.9 Å². The van der Waals surface area contributed by atoms with Crippen LogP contribution in [0.3, 0.4) is 0 Å². The van der Waals surface area contributed by atoms with Crippen molar-refractivity contribution < 1.29 is 4.92 Å². The summed E-state index contributed by atoms with van der Waals surface area (Å²) in [4.78, 5) is 19.6. The van der Waals surface area contributed by atoms with Crippen LogP contribution < -0.4 is 10.6 Å². The highest BCUT2D eigenvalue weighted by molar-refractivity contribution is 6.30. The summed E-state index contributed by atoms with van der Waals surface area (Å²) in [5.41, 5.74) is 6.21. The molecule has 2 N–H and O–H groups in total. The number of nitrogens with two attached hydrogens (primary N) is 1. The van der Waals surface area contributed by atoms with E-state index in [-0.39, 0.29) is 17.5 Å². The number of rotatable bonds is 4. The van der Waals surface area contributed by atoms with E-state index in [4.69, 9.17) is 17.3 Å². The maximum atomic E-state index is 11.0. The summed E-state index contributed by atoms with van der Waals surface area (Å²) < 4.78 is 0. The van der Waals surface area contributed by atoms with E-state index in [9.17, 15) is 10.1 Å². The monoisotopic (exact) mass is 293 g/mol. The zero-order chi connectivity index (χ0) is 14.7. The van der Waals surface area contributed by atoms with E-state index in [1.807, 2.05) is 12.1 Å². The average molecular weight is 294 g/mol. The molecular weight excluding hydrogens is 282 g/mol. The van der Waals surface area contributed by atoms with E-state index in [1.54, 1.807) is 24.1 Å². The average Bonchev–Trinajstić information content (AvgIpc) is 2.38. The minimum Gasteiger partial charge on any atom is -0.368 e. The minimum absolute atomic E-state index is 0.0106. The molecule has 7 nitrogen and oxygen atoms in total. The first-order valence-electron chi connectivity index (χ1n) is 5.70. The molecule has 0 unspecified atom stereocenters. The maximum Gasteiger partial charge on any atom is 0.329 e. The summed E-state index contributed by atoms with van der Waals surface area (Å²) in [6.45, 7) is 0.415. The molecule has 0 aliphatic rings. The van der Waals surface area contributed by atoms with Crippen LogP contribution in [0.1, 0.15) is 5.56 Å². The highest BCUT2D eigenvalue weighted by atomic mass is 35.5. The van der Waals surface area contributed by atoms with E-state index >= 15 is 0 Å². The van der Waals surface area contributed by atoms with Gasteiger partial charge in [-0.3, -0.25) is 10.1 Å². The van der Waals surface area contributed by atoms with Crippen molar-refractivity contribution in [1.29, 1.82) is 0 Å². The quantitative estimate of drug-likeness (QED) is 0.686. The van der Waals surface area contributed by atoms with Crippen molar-refractivity contribution in [2.75, 3.05) is 17.7 Å². The normalized spacial score (nSPS) is 10.3. The standard InChI is InChI=1S/C12H12ClN5O2/c1-17(7-8-3-2-4-9(13)5-8)11-10(18(19)20)6-15-12(14)16-11/h2-6H,7H2,1H3,(H2,14,15,16). The lowest BCUT2D eigenvalue weighted by Crippen LogP contribution is -2.20. The maximum absolute atomic E-state index is 11.0. The zero-order valence-corrected chi connectivity index (χ0v) is 11.4. The Hall–Kier alpha value is -2.41. The lowest BCUT2D eigenvalue weighted by molar-refractivity contribution is -0.384.